The number of piperazine rings is 1. The first kappa shape index (κ1) is 16.8. The van der Waals surface area contributed by atoms with Gasteiger partial charge in [-0.3, -0.25) is 4.90 Å². The molecule has 1 atom stereocenters. The molecule has 0 aliphatic carbocycles. The van der Waals surface area contributed by atoms with Crippen LogP contribution in [0.3, 0.4) is 0 Å². The van der Waals surface area contributed by atoms with Gasteiger partial charge in [-0.25, -0.2) is 0 Å². The molecule has 3 heteroatoms. The number of anilines is 1. The van der Waals surface area contributed by atoms with Crippen molar-refractivity contribution in [1.29, 1.82) is 0 Å². The lowest BCUT2D eigenvalue weighted by Crippen LogP contribution is -2.45. The van der Waals surface area contributed by atoms with E-state index in [1.807, 2.05) is 0 Å². The van der Waals surface area contributed by atoms with Crippen LogP contribution in [0.4, 0.5) is 5.69 Å². The Bertz CT molecular complexity index is 444. The summed E-state index contributed by atoms with van der Waals surface area (Å²) >= 11 is 0. The maximum atomic E-state index is 3.49. The molecule has 1 aromatic carbocycles. The minimum absolute atomic E-state index is 0.608. The summed E-state index contributed by atoms with van der Waals surface area (Å²) < 4.78 is 0. The minimum Gasteiger partial charge on any atom is -0.372 e. The molecule has 0 amide bonds. The van der Waals surface area contributed by atoms with Crippen molar-refractivity contribution < 1.29 is 0 Å². The molecule has 2 saturated heterocycles. The first-order valence-electron chi connectivity index (χ1n) is 9.68. The van der Waals surface area contributed by atoms with E-state index in [9.17, 15) is 0 Å². The molecule has 3 nitrogen and oxygen atoms in total. The van der Waals surface area contributed by atoms with E-state index in [2.05, 4.69) is 46.3 Å². The van der Waals surface area contributed by atoms with Crippen LogP contribution >= 0.6 is 0 Å². The van der Waals surface area contributed by atoms with Gasteiger partial charge in [0.15, 0.2) is 0 Å². The van der Waals surface area contributed by atoms with Crippen molar-refractivity contribution in [3.8, 4) is 0 Å². The van der Waals surface area contributed by atoms with Crippen LogP contribution in [0.5, 0.6) is 0 Å². The maximum Gasteiger partial charge on any atom is 0.0366 e. The van der Waals surface area contributed by atoms with Gasteiger partial charge in [0.25, 0.3) is 0 Å². The van der Waals surface area contributed by atoms with Crippen molar-refractivity contribution in [2.24, 2.45) is 0 Å². The molecule has 1 N–H and O–H groups in total. The number of rotatable bonds is 7. The molecule has 128 valence electrons. The van der Waals surface area contributed by atoms with Crippen LogP contribution in [0.25, 0.3) is 0 Å². The van der Waals surface area contributed by atoms with Crippen molar-refractivity contribution >= 4 is 5.69 Å². The van der Waals surface area contributed by atoms with Gasteiger partial charge < -0.3 is 10.2 Å². The summed E-state index contributed by atoms with van der Waals surface area (Å²) in [6, 6.07) is 10.1. The first-order chi connectivity index (χ1) is 11.4. The third kappa shape index (κ3) is 4.48. The van der Waals surface area contributed by atoms with Crippen LogP contribution in [-0.2, 0) is 0 Å². The quantitative estimate of drug-likeness (QED) is 0.772. The molecule has 2 aliphatic heterocycles. The summed E-state index contributed by atoms with van der Waals surface area (Å²) in [5.74, 6) is 0. The number of hydrogen-bond acceptors (Lipinski definition) is 3. The van der Waals surface area contributed by atoms with Crippen molar-refractivity contribution in [2.45, 2.75) is 51.5 Å². The monoisotopic (exact) mass is 315 g/mol. The standard InChI is InChI=1S/C20H33N3/c1-2-3-4-7-20(23-16-12-21-13-17-23)18-8-10-19(11-9-18)22-14-5-6-15-22/h8-11,20-21H,2-7,12-17H2,1H3/t20-/m0/s1. The van der Waals surface area contributed by atoms with Gasteiger partial charge in [-0.15, -0.1) is 0 Å². The molecular weight excluding hydrogens is 282 g/mol. The Hall–Kier alpha value is -1.06. The molecule has 0 saturated carbocycles. The zero-order chi connectivity index (χ0) is 15.9. The van der Waals surface area contributed by atoms with E-state index in [1.54, 1.807) is 0 Å². The van der Waals surface area contributed by atoms with Crippen molar-refractivity contribution in [1.82, 2.24) is 10.2 Å². The summed E-state index contributed by atoms with van der Waals surface area (Å²) in [6.07, 6.45) is 8.01. The number of nitrogens with zero attached hydrogens (tertiary/aromatic N) is 2. The normalized spacial score (nSPS) is 20.8. The van der Waals surface area contributed by atoms with Crippen LogP contribution in [0.15, 0.2) is 24.3 Å². The molecule has 0 bridgehead atoms. The highest BCUT2D eigenvalue weighted by molar-refractivity contribution is 5.48. The van der Waals surface area contributed by atoms with Crippen LogP contribution < -0.4 is 10.2 Å². The predicted molar refractivity (Wildman–Crippen MR) is 99.2 cm³/mol. The summed E-state index contributed by atoms with van der Waals surface area (Å²) in [6.45, 7) is 9.40. The van der Waals surface area contributed by atoms with Gasteiger partial charge in [-0.1, -0.05) is 38.3 Å². The Morgan fingerprint density at radius 1 is 0.957 bits per heavy atom. The molecule has 2 heterocycles. The Morgan fingerprint density at radius 2 is 1.65 bits per heavy atom. The molecule has 1 aromatic rings. The van der Waals surface area contributed by atoms with Gasteiger partial charge in [-0.05, 0) is 37.0 Å². The van der Waals surface area contributed by atoms with Crippen molar-refractivity contribution in [3.05, 3.63) is 29.8 Å². The third-order valence-corrected chi connectivity index (χ3v) is 5.42. The van der Waals surface area contributed by atoms with Gasteiger partial charge in [0.2, 0.25) is 0 Å². The Morgan fingerprint density at radius 3 is 2.30 bits per heavy atom. The van der Waals surface area contributed by atoms with Crippen molar-refractivity contribution in [3.63, 3.8) is 0 Å². The van der Waals surface area contributed by atoms with E-state index in [0.717, 1.165) is 13.1 Å². The van der Waals surface area contributed by atoms with E-state index < -0.39 is 0 Å². The first-order valence-corrected chi connectivity index (χ1v) is 9.68. The van der Waals surface area contributed by atoms with Gasteiger partial charge >= 0.3 is 0 Å². The highest BCUT2D eigenvalue weighted by atomic mass is 15.2. The molecule has 3 rings (SSSR count). The third-order valence-electron chi connectivity index (χ3n) is 5.42. The second-order valence-electron chi connectivity index (χ2n) is 7.08. The Labute approximate surface area is 142 Å². The number of benzene rings is 1. The van der Waals surface area contributed by atoms with Crippen molar-refractivity contribution in [2.75, 3.05) is 44.2 Å². The highest BCUT2D eigenvalue weighted by Gasteiger charge is 2.22. The Balaban J connectivity index is 1.69. The minimum atomic E-state index is 0.608. The summed E-state index contributed by atoms with van der Waals surface area (Å²) in [4.78, 5) is 5.22. The number of hydrogen-bond donors (Lipinski definition) is 1. The van der Waals surface area contributed by atoms with Gasteiger partial charge in [0.05, 0.1) is 0 Å². The molecule has 0 aromatic heterocycles. The Kier molecular flexibility index (Phi) is 6.35. The number of unbranched alkanes of at least 4 members (excludes halogenated alkanes) is 2. The predicted octanol–water partition coefficient (Wildman–Crippen LogP) is 3.81. The van der Waals surface area contributed by atoms with Gasteiger partial charge in [-0.2, -0.15) is 0 Å². The van der Waals surface area contributed by atoms with Gasteiger partial charge in [0, 0.05) is 51.0 Å². The lowest BCUT2D eigenvalue weighted by Gasteiger charge is -2.35. The summed E-state index contributed by atoms with van der Waals surface area (Å²) in [5, 5.41) is 3.49. The van der Waals surface area contributed by atoms with E-state index >= 15 is 0 Å². The molecule has 2 aliphatic rings. The van der Waals surface area contributed by atoms with Crippen LogP contribution in [0.1, 0.15) is 57.1 Å². The fourth-order valence-corrected chi connectivity index (χ4v) is 4.02. The fourth-order valence-electron chi connectivity index (χ4n) is 4.02. The van der Waals surface area contributed by atoms with E-state index in [-0.39, 0.29) is 0 Å². The summed E-state index contributed by atoms with van der Waals surface area (Å²) in [5.41, 5.74) is 2.94. The lowest BCUT2D eigenvalue weighted by molar-refractivity contribution is 0.163. The molecule has 2 fully saturated rings. The van der Waals surface area contributed by atoms with Crippen LogP contribution in [0, 0.1) is 0 Å². The zero-order valence-electron chi connectivity index (χ0n) is 14.8. The van der Waals surface area contributed by atoms with Gasteiger partial charge in [0.1, 0.15) is 0 Å². The average Bonchev–Trinajstić information content (AvgIpc) is 3.14. The highest BCUT2D eigenvalue weighted by Crippen LogP contribution is 2.29. The maximum absolute atomic E-state index is 3.49. The second kappa shape index (κ2) is 8.70. The number of nitrogens with one attached hydrogen (secondary N) is 1. The lowest BCUT2D eigenvalue weighted by atomic mass is 9.97. The second-order valence-corrected chi connectivity index (χ2v) is 7.08. The fraction of sp³-hybridized carbons (Fsp3) is 0.700. The van der Waals surface area contributed by atoms with Crippen LogP contribution in [0.2, 0.25) is 0 Å². The van der Waals surface area contributed by atoms with E-state index in [0.29, 0.717) is 6.04 Å². The molecule has 23 heavy (non-hydrogen) atoms. The summed E-state index contributed by atoms with van der Waals surface area (Å²) in [7, 11) is 0. The topological polar surface area (TPSA) is 18.5 Å². The molecule has 0 radical (unpaired) electrons. The SMILES string of the molecule is CCCCC[C@@H](c1ccc(N2CCCC2)cc1)N1CCNCC1. The zero-order valence-corrected chi connectivity index (χ0v) is 14.8. The average molecular weight is 316 g/mol. The molecule has 0 unspecified atom stereocenters. The van der Waals surface area contributed by atoms with Crippen LogP contribution in [-0.4, -0.2) is 44.2 Å². The van der Waals surface area contributed by atoms with E-state index in [1.165, 1.54) is 76.0 Å². The van der Waals surface area contributed by atoms with E-state index in [4.69, 9.17) is 0 Å². The molecular formula is C20H33N3. The molecule has 0 spiro atoms. The largest absolute Gasteiger partial charge is 0.372 e. The smallest absolute Gasteiger partial charge is 0.0366 e.